The van der Waals surface area contributed by atoms with E-state index in [1.165, 1.54) is 10.4 Å². The number of anilines is 2. The van der Waals surface area contributed by atoms with Crippen molar-refractivity contribution in [3.8, 4) is 5.00 Å². The minimum absolute atomic E-state index is 0.0475. The van der Waals surface area contributed by atoms with E-state index < -0.39 is 29.7 Å². The standard InChI is InChI=1S/C46H44ClN9O6S/c1-24-25(2)63-46-39(24)34(27-7-11-30(47)12-8-27)21-29(41-53-52-26(3)55(41)46)22-38(58)50-32-17-20-54(23-32)43(60)28-9-13-31(14-10-28)48-18-19-49-35-6-4-5-33-40(35)45(62)56(44(33)61)36-15-16-37(57)51-42(36)59/h4-14,21,29,32,36,48-49H,15-20,22-23H2,1-3H3,(H,50,58)(H,51,57,59)/t29-,32-,36?/m0/s1. The summed E-state index contributed by atoms with van der Waals surface area (Å²) in [6.45, 7) is 7.91. The molecule has 0 saturated carbocycles. The number of imide groups is 2. The molecule has 322 valence electrons. The number of nitrogens with zero attached hydrogens (tertiary/aromatic N) is 5. The minimum Gasteiger partial charge on any atom is -0.383 e. The molecule has 1 unspecified atom stereocenters. The van der Waals surface area contributed by atoms with Crippen LogP contribution in [0.2, 0.25) is 5.02 Å². The fourth-order valence-electron chi connectivity index (χ4n) is 8.86. The third-order valence-electron chi connectivity index (χ3n) is 12.2. The van der Waals surface area contributed by atoms with Crippen LogP contribution in [0, 0.1) is 20.8 Å². The van der Waals surface area contributed by atoms with Crippen molar-refractivity contribution < 1.29 is 28.8 Å². The van der Waals surface area contributed by atoms with Crippen molar-refractivity contribution >= 4 is 75.3 Å². The van der Waals surface area contributed by atoms with Gasteiger partial charge in [-0.1, -0.05) is 35.9 Å². The van der Waals surface area contributed by atoms with Gasteiger partial charge in [0.1, 0.15) is 22.7 Å². The highest BCUT2D eigenvalue weighted by atomic mass is 35.5. The Bertz CT molecular complexity index is 2740. The average Bonchev–Trinajstić information content (AvgIpc) is 4.01. The predicted molar refractivity (Wildman–Crippen MR) is 238 cm³/mol. The predicted octanol–water partition coefficient (Wildman–Crippen LogP) is 5.78. The van der Waals surface area contributed by atoms with Crippen molar-refractivity contribution in [2.45, 2.75) is 64.5 Å². The minimum atomic E-state index is -1.04. The zero-order valence-electron chi connectivity index (χ0n) is 34.8. The molecule has 5 aromatic rings. The van der Waals surface area contributed by atoms with Gasteiger partial charge in [-0.25, -0.2) is 0 Å². The summed E-state index contributed by atoms with van der Waals surface area (Å²) in [7, 11) is 0. The summed E-state index contributed by atoms with van der Waals surface area (Å²) in [5.41, 5.74) is 6.48. The number of thiophene rings is 1. The lowest BCUT2D eigenvalue weighted by atomic mass is 9.92. The van der Waals surface area contributed by atoms with Crippen molar-refractivity contribution in [2.24, 2.45) is 0 Å². The maximum absolute atomic E-state index is 13.8. The van der Waals surface area contributed by atoms with Gasteiger partial charge in [0.15, 0.2) is 0 Å². The molecular weight excluding hydrogens is 842 g/mol. The average molecular weight is 886 g/mol. The number of rotatable bonds is 11. The van der Waals surface area contributed by atoms with Gasteiger partial charge in [0.2, 0.25) is 17.7 Å². The zero-order chi connectivity index (χ0) is 44.1. The zero-order valence-corrected chi connectivity index (χ0v) is 36.4. The number of hydrogen-bond acceptors (Lipinski definition) is 11. The smallest absolute Gasteiger partial charge is 0.264 e. The van der Waals surface area contributed by atoms with Gasteiger partial charge in [-0.3, -0.25) is 43.6 Å². The van der Waals surface area contributed by atoms with Gasteiger partial charge in [0.25, 0.3) is 17.7 Å². The first-order chi connectivity index (χ1) is 30.4. The third kappa shape index (κ3) is 7.88. The van der Waals surface area contributed by atoms with Gasteiger partial charge < -0.3 is 20.9 Å². The summed E-state index contributed by atoms with van der Waals surface area (Å²) in [6, 6.07) is 18.6. The highest BCUT2D eigenvalue weighted by Crippen LogP contribution is 2.44. The number of allylic oxidation sites excluding steroid dienone is 1. The van der Waals surface area contributed by atoms with Crippen molar-refractivity contribution in [2.75, 3.05) is 36.8 Å². The molecule has 4 aliphatic rings. The van der Waals surface area contributed by atoms with Crippen molar-refractivity contribution in [1.82, 2.24) is 35.2 Å². The molecule has 63 heavy (non-hydrogen) atoms. The molecule has 4 aliphatic heterocycles. The van der Waals surface area contributed by atoms with Crippen LogP contribution < -0.4 is 21.3 Å². The molecule has 4 N–H and O–H groups in total. The van der Waals surface area contributed by atoms with E-state index in [9.17, 15) is 28.8 Å². The molecule has 15 nitrogen and oxygen atoms in total. The summed E-state index contributed by atoms with van der Waals surface area (Å²) in [5, 5.41) is 22.6. The van der Waals surface area contributed by atoms with Crippen LogP contribution in [0.4, 0.5) is 11.4 Å². The third-order valence-corrected chi connectivity index (χ3v) is 13.6. The number of halogens is 1. The van der Waals surface area contributed by atoms with Crippen LogP contribution in [0.3, 0.4) is 0 Å². The lowest BCUT2D eigenvalue weighted by Gasteiger charge is -2.27. The Morgan fingerprint density at radius 1 is 0.889 bits per heavy atom. The number of benzene rings is 3. The largest absolute Gasteiger partial charge is 0.383 e. The number of carbonyl (C=O) groups excluding carboxylic acids is 6. The Morgan fingerprint density at radius 3 is 2.41 bits per heavy atom. The van der Waals surface area contributed by atoms with E-state index in [-0.39, 0.29) is 54.2 Å². The molecule has 17 heteroatoms. The maximum atomic E-state index is 13.8. The van der Waals surface area contributed by atoms with Gasteiger partial charge in [-0.2, -0.15) is 0 Å². The summed E-state index contributed by atoms with van der Waals surface area (Å²) in [6.07, 6.45) is 3.05. The lowest BCUT2D eigenvalue weighted by Crippen LogP contribution is -2.54. The molecule has 3 atom stereocenters. The number of nitrogens with one attached hydrogen (secondary N) is 4. The summed E-state index contributed by atoms with van der Waals surface area (Å²) in [4.78, 5) is 81.9. The summed E-state index contributed by atoms with van der Waals surface area (Å²) in [5.74, 6) is -1.37. The SMILES string of the molecule is Cc1sc2c(c1C)C(c1ccc(Cl)cc1)=C[C@@H](CC(=O)N[C@H]1CCN(C(=O)c3ccc(NCCNc4cccc5c4C(=O)N(C4CCC(=O)NC4=O)C5=O)cc3)C1)c1nnc(C)n1-2. The van der Waals surface area contributed by atoms with E-state index in [4.69, 9.17) is 11.6 Å². The highest BCUT2D eigenvalue weighted by molar-refractivity contribution is 7.15. The second-order valence-electron chi connectivity index (χ2n) is 16.2. The molecule has 0 radical (unpaired) electrons. The van der Waals surface area contributed by atoms with Crippen LogP contribution in [0.1, 0.15) is 95.9 Å². The number of fused-ring (bicyclic) bond motifs is 4. The first kappa shape index (κ1) is 41.7. The Labute approximate surface area is 371 Å². The maximum Gasteiger partial charge on any atom is 0.264 e. The molecule has 6 amide bonds. The van der Waals surface area contributed by atoms with E-state index in [1.54, 1.807) is 46.6 Å². The molecule has 3 aromatic carbocycles. The molecule has 6 heterocycles. The monoisotopic (exact) mass is 885 g/mol. The van der Waals surface area contributed by atoms with E-state index in [0.717, 1.165) is 38.1 Å². The molecule has 9 rings (SSSR count). The van der Waals surface area contributed by atoms with Crippen LogP contribution >= 0.6 is 22.9 Å². The number of amides is 6. The first-order valence-electron chi connectivity index (χ1n) is 20.9. The van der Waals surface area contributed by atoms with E-state index in [1.807, 2.05) is 43.3 Å². The second-order valence-corrected chi connectivity index (χ2v) is 17.9. The number of hydrogen-bond donors (Lipinski definition) is 4. The van der Waals surface area contributed by atoms with Gasteiger partial charge >= 0.3 is 0 Å². The highest BCUT2D eigenvalue weighted by Gasteiger charge is 2.45. The van der Waals surface area contributed by atoms with Crippen LogP contribution in [0.5, 0.6) is 0 Å². The van der Waals surface area contributed by atoms with Crippen LogP contribution in [0.25, 0.3) is 10.6 Å². The molecular formula is C46H44ClN9O6S. The number of piperidine rings is 1. The Morgan fingerprint density at radius 2 is 1.65 bits per heavy atom. The van der Waals surface area contributed by atoms with Crippen LogP contribution in [-0.2, 0) is 14.4 Å². The first-order valence-corrected chi connectivity index (χ1v) is 22.1. The topological polar surface area (TPSA) is 188 Å². The summed E-state index contributed by atoms with van der Waals surface area (Å²) < 4.78 is 2.08. The second kappa shape index (κ2) is 16.9. The molecule has 2 fully saturated rings. The van der Waals surface area contributed by atoms with E-state index in [0.29, 0.717) is 54.7 Å². The van der Waals surface area contributed by atoms with Gasteiger partial charge in [0, 0.05) is 83.4 Å². The van der Waals surface area contributed by atoms with Gasteiger partial charge in [0.05, 0.1) is 11.1 Å². The Hall–Kier alpha value is -6.65. The molecule has 0 spiro atoms. The van der Waals surface area contributed by atoms with E-state index in [2.05, 4.69) is 56.0 Å². The quantitative estimate of drug-likeness (QED) is 0.0936. The van der Waals surface area contributed by atoms with Crippen LogP contribution in [-0.4, -0.2) is 98.3 Å². The molecule has 0 aliphatic carbocycles. The Balaban J connectivity index is 0.790. The number of aromatic nitrogens is 3. The molecule has 0 bridgehead atoms. The van der Waals surface area contributed by atoms with Crippen molar-refractivity contribution in [3.63, 3.8) is 0 Å². The lowest BCUT2D eigenvalue weighted by molar-refractivity contribution is -0.136. The normalized spacial score (nSPS) is 19.2. The van der Waals surface area contributed by atoms with Gasteiger partial charge in [-0.05, 0) is 98.8 Å². The van der Waals surface area contributed by atoms with Crippen molar-refractivity contribution in [3.05, 3.63) is 128 Å². The summed E-state index contributed by atoms with van der Waals surface area (Å²) >= 11 is 7.96. The van der Waals surface area contributed by atoms with Crippen molar-refractivity contribution in [1.29, 1.82) is 0 Å². The fourth-order valence-corrected chi connectivity index (χ4v) is 10.2. The molecule has 2 aromatic heterocycles. The number of carbonyl (C=O) groups is 6. The van der Waals surface area contributed by atoms with Crippen LogP contribution in [0.15, 0.2) is 72.8 Å². The Kier molecular flexibility index (Phi) is 11.2. The van der Waals surface area contributed by atoms with E-state index >= 15 is 0 Å². The fraction of sp³-hybridized carbons (Fsp3) is 0.304. The molecule has 2 saturated heterocycles. The number of likely N-dealkylation sites (tertiary alicyclic amines) is 1. The van der Waals surface area contributed by atoms with Gasteiger partial charge in [-0.15, -0.1) is 21.5 Å². The number of aryl methyl sites for hydroxylation is 2.